The van der Waals surface area contributed by atoms with E-state index in [1.807, 2.05) is 19.9 Å². The Morgan fingerprint density at radius 2 is 1.90 bits per heavy atom. The summed E-state index contributed by atoms with van der Waals surface area (Å²) in [5, 5.41) is 0. The summed E-state index contributed by atoms with van der Waals surface area (Å²) in [6.45, 7) is 12.3. The van der Waals surface area contributed by atoms with Crippen LogP contribution in [0.15, 0.2) is 17.1 Å². The second-order valence-corrected chi connectivity index (χ2v) is 5.06. The van der Waals surface area contributed by atoms with E-state index in [1.54, 1.807) is 0 Å². The average molecular weight is 273 g/mol. The number of nitrogens with zero attached hydrogens (tertiary/aromatic N) is 5. The Labute approximate surface area is 118 Å². The molecule has 0 aromatic carbocycles. The molecule has 6 nitrogen and oxygen atoms in total. The summed E-state index contributed by atoms with van der Waals surface area (Å²) in [5.74, 6) is 2.24. The number of aryl methyl sites for hydroxylation is 2. The second-order valence-electron chi connectivity index (χ2n) is 5.06. The van der Waals surface area contributed by atoms with Crippen LogP contribution in [0.2, 0.25) is 0 Å². The van der Waals surface area contributed by atoms with Crippen LogP contribution in [0.25, 0.3) is 11.2 Å². The summed E-state index contributed by atoms with van der Waals surface area (Å²) in [5.41, 5.74) is 1.35. The minimum Gasteiger partial charge on any atom is -0.422 e. The molecule has 0 atom stereocenters. The molecule has 0 unspecified atom stereocenters. The first-order valence-electron chi connectivity index (χ1n) is 6.87. The van der Waals surface area contributed by atoms with Gasteiger partial charge in [0.15, 0.2) is 17.2 Å². The smallest absolute Gasteiger partial charge is 0.252 e. The maximum atomic E-state index is 5.53. The van der Waals surface area contributed by atoms with Crippen molar-refractivity contribution in [3.8, 4) is 0 Å². The van der Waals surface area contributed by atoms with E-state index in [0.717, 1.165) is 49.9 Å². The van der Waals surface area contributed by atoms with Crippen molar-refractivity contribution in [1.82, 2.24) is 19.9 Å². The highest BCUT2D eigenvalue weighted by Crippen LogP contribution is 2.24. The molecule has 6 heteroatoms. The highest BCUT2D eigenvalue weighted by molar-refractivity contribution is 5.82. The molecule has 0 amide bonds. The molecule has 3 rings (SSSR count). The first kappa shape index (κ1) is 13.1. The molecule has 20 heavy (non-hydrogen) atoms. The summed E-state index contributed by atoms with van der Waals surface area (Å²) in [7, 11) is 0. The van der Waals surface area contributed by atoms with Gasteiger partial charge in [0.25, 0.3) is 5.71 Å². The molecule has 1 aliphatic rings. The molecule has 0 saturated carbocycles. The van der Waals surface area contributed by atoms with Gasteiger partial charge in [0.2, 0.25) is 0 Å². The Bertz CT molecular complexity index is 628. The predicted molar refractivity (Wildman–Crippen MR) is 77.9 cm³/mol. The van der Waals surface area contributed by atoms with E-state index in [-0.39, 0.29) is 0 Å². The highest BCUT2D eigenvalue weighted by Gasteiger charge is 2.22. The van der Waals surface area contributed by atoms with Crippen LogP contribution in [0.5, 0.6) is 0 Å². The van der Waals surface area contributed by atoms with Gasteiger partial charge in [-0.3, -0.25) is 4.90 Å². The van der Waals surface area contributed by atoms with Crippen LogP contribution in [-0.2, 0) is 0 Å². The van der Waals surface area contributed by atoms with Gasteiger partial charge in [-0.2, -0.15) is 4.98 Å². The van der Waals surface area contributed by atoms with Gasteiger partial charge in [0.05, 0.1) is 0 Å². The highest BCUT2D eigenvalue weighted by atomic mass is 16.4. The number of fused-ring (bicyclic) bond motifs is 1. The molecule has 0 spiro atoms. The molecule has 2 aromatic rings. The van der Waals surface area contributed by atoms with Gasteiger partial charge >= 0.3 is 0 Å². The Kier molecular flexibility index (Phi) is 3.40. The van der Waals surface area contributed by atoms with Crippen LogP contribution < -0.4 is 4.90 Å². The topological polar surface area (TPSA) is 58.3 Å². The van der Waals surface area contributed by atoms with E-state index in [9.17, 15) is 0 Å². The maximum Gasteiger partial charge on any atom is 0.252 e. The van der Waals surface area contributed by atoms with E-state index in [4.69, 9.17) is 4.42 Å². The average Bonchev–Trinajstić information content (AvgIpc) is 2.79. The Morgan fingerprint density at radius 3 is 2.60 bits per heavy atom. The first-order valence-corrected chi connectivity index (χ1v) is 6.87. The molecule has 2 aromatic heterocycles. The summed E-state index contributed by atoms with van der Waals surface area (Å²) in [4.78, 5) is 17.9. The van der Waals surface area contributed by atoms with Crippen molar-refractivity contribution >= 4 is 17.0 Å². The van der Waals surface area contributed by atoms with Crippen LogP contribution in [0.4, 0.5) is 5.82 Å². The molecule has 1 fully saturated rings. The normalized spacial score (nSPS) is 16.8. The van der Waals surface area contributed by atoms with Crippen LogP contribution in [0.3, 0.4) is 0 Å². The zero-order chi connectivity index (χ0) is 14.1. The molecule has 1 saturated heterocycles. The predicted octanol–water partition coefficient (Wildman–Crippen LogP) is 1.54. The van der Waals surface area contributed by atoms with E-state index in [0.29, 0.717) is 11.6 Å². The number of anilines is 1. The Morgan fingerprint density at radius 1 is 1.15 bits per heavy atom. The molecular weight excluding hydrogens is 254 g/mol. The summed E-state index contributed by atoms with van der Waals surface area (Å²) in [6, 6.07) is 0. The van der Waals surface area contributed by atoms with Gasteiger partial charge in [0.1, 0.15) is 5.82 Å². The lowest BCUT2D eigenvalue weighted by Gasteiger charge is -2.34. The van der Waals surface area contributed by atoms with Crippen LogP contribution >= 0.6 is 0 Å². The van der Waals surface area contributed by atoms with Gasteiger partial charge in [-0.1, -0.05) is 6.08 Å². The van der Waals surface area contributed by atoms with Crippen molar-refractivity contribution in [2.24, 2.45) is 0 Å². The van der Waals surface area contributed by atoms with Gasteiger partial charge in [-0.05, 0) is 6.92 Å². The lowest BCUT2D eigenvalue weighted by atomic mass is 10.3. The third-order valence-electron chi connectivity index (χ3n) is 3.52. The van der Waals surface area contributed by atoms with Crippen LogP contribution in [-0.4, -0.2) is 52.6 Å². The third kappa shape index (κ3) is 2.38. The first-order chi connectivity index (χ1) is 9.67. The number of hydrogen-bond donors (Lipinski definition) is 0. The largest absolute Gasteiger partial charge is 0.422 e. The Hall–Kier alpha value is -1.95. The van der Waals surface area contributed by atoms with Gasteiger partial charge < -0.3 is 9.32 Å². The molecule has 1 aliphatic heterocycles. The monoisotopic (exact) mass is 273 g/mol. The molecule has 106 valence electrons. The Balaban J connectivity index is 1.89. The van der Waals surface area contributed by atoms with Gasteiger partial charge in [-0.15, -0.1) is 6.58 Å². The van der Waals surface area contributed by atoms with Gasteiger partial charge in [0, 0.05) is 39.6 Å². The minimum absolute atomic E-state index is 0.582. The van der Waals surface area contributed by atoms with E-state index in [2.05, 4.69) is 31.3 Å². The fourth-order valence-corrected chi connectivity index (χ4v) is 2.56. The van der Waals surface area contributed by atoms with Crippen molar-refractivity contribution in [3.05, 3.63) is 24.4 Å². The minimum atomic E-state index is 0.582. The van der Waals surface area contributed by atoms with E-state index in [1.165, 1.54) is 0 Å². The molecule has 0 radical (unpaired) electrons. The number of piperazine rings is 1. The van der Waals surface area contributed by atoms with E-state index >= 15 is 0 Å². The van der Waals surface area contributed by atoms with Crippen molar-refractivity contribution < 1.29 is 4.42 Å². The molecule has 0 bridgehead atoms. The number of oxazole rings is 1. The van der Waals surface area contributed by atoms with Crippen molar-refractivity contribution in [1.29, 1.82) is 0 Å². The van der Waals surface area contributed by atoms with Crippen molar-refractivity contribution in [3.63, 3.8) is 0 Å². The third-order valence-corrected chi connectivity index (χ3v) is 3.52. The summed E-state index contributed by atoms with van der Waals surface area (Å²) in [6.07, 6.45) is 1.95. The number of rotatable bonds is 3. The zero-order valence-corrected chi connectivity index (χ0v) is 12.0. The summed E-state index contributed by atoms with van der Waals surface area (Å²) >= 11 is 0. The second kappa shape index (κ2) is 5.20. The van der Waals surface area contributed by atoms with Crippen LogP contribution in [0.1, 0.15) is 11.7 Å². The quantitative estimate of drug-likeness (QED) is 0.791. The molecule has 3 heterocycles. The number of aromatic nitrogens is 3. The van der Waals surface area contributed by atoms with Crippen molar-refractivity contribution in [2.75, 3.05) is 37.6 Å². The summed E-state index contributed by atoms with van der Waals surface area (Å²) < 4.78 is 5.53. The molecule has 0 aliphatic carbocycles. The lowest BCUT2D eigenvalue weighted by Crippen LogP contribution is -2.46. The fourth-order valence-electron chi connectivity index (χ4n) is 2.56. The number of hydrogen-bond acceptors (Lipinski definition) is 6. The molecule has 0 N–H and O–H groups in total. The standard InChI is InChI=1S/C14H19N5O/c1-4-5-18-6-8-19(9-7-18)13-12-14(16-10(2)15-13)20-11(3)17-12/h4H,1,5-9H2,2-3H3. The molecular formula is C14H19N5O. The fraction of sp³-hybridized carbons (Fsp3) is 0.500. The van der Waals surface area contributed by atoms with Gasteiger partial charge in [-0.25, -0.2) is 9.97 Å². The van der Waals surface area contributed by atoms with Crippen LogP contribution in [0, 0.1) is 13.8 Å². The lowest BCUT2D eigenvalue weighted by molar-refractivity contribution is 0.283. The maximum absolute atomic E-state index is 5.53. The zero-order valence-electron chi connectivity index (χ0n) is 12.0. The SMILES string of the molecule is C=CCN1CCN(c2nc(C)nc3oc(C)nc23)CC1. The van der Waals surface area contributed by atoms with E-state index < -0.39 is 0 Å². The van der Waals surface area contributed by atoms with Crippen molar-refractivity contribution in [2.45, 2.75) is 13.8 Å².